The summed E-state index contributed by atoms with van der Waals surface area (Å²) in [7, 11) is 0. The van der Waals surface area contributed by atoms with Gasteiger partial charge in [-0.3, -0.25) is 0 Å². The van der Waals surface area contributed by atoms with Crippen molar-refractivity contribution in [1.29, 1.82) is 0 Å². The van der Waals surface area contributed by atoms with Gasteiger partial charge in [-0.2, -0.15) is 0 Å². The second-order valence-corrected chi connectivity index (χ2v) is 7.96. The maximum Gasteiger partial charge on any atom is 0.191 e. The van der Waals surface area contributed by atoms with Gasteiger partial charge in [0.15, 0.2) is 23.5 Å². The lowest BCUT2D eigenvalue weighted by Gasteiger charge is -2.22. The van der Waals surface area contributed by atoms with Crippen molar-refractivity contribution < 1.29 is 23.7 Å². The molecule has 0 saturated carbocycles. The number of hydrogen-bond donors (Lipinski definition) is 0. The van der Waals surface area contributed by atoms with Crippen LogP contribution in [0, 0.1) is 6.57 Å². The lowest BCUT2D eigenvalue weighted by Crippen LogP contribution is -2.23. The van der Waals surface area contributed by atoms with Crippen LogP contribution < -0.4 is 14.2 Å². The maximum absolute atomic E-state index is 7.31. The van der Waals surface area contributed by atoms with E-state index in [1.165, 1.54) is 0 Å². The van der Waals surface area contributed by atoms with Crippen LogP contribution in [0.25, 0.3) is 4.85 Å². The summed E-state index contributed by atoms with van der Waals surface area (Å²) in [6.45, 7) is 9.63. The molecule has 1 saturated heterocycles. The van der Waals surface area contributed by atoms with E-state index in [0.29, 0.717) is 42.8 Å². The smallest absolute Gasteiger partial charge is 0.191 e. The fourth-order valence-corrected chi connectivity index (χ4v) is 3.56. The Kier molecular flexibility index (Phi) is 8.78. The van der Waals surface area contributed by atoms with E-state index in [2.05, 4.69) is 4.85 Å². The molecule has 1 unspecified atom stereocenters. The summed E-state index contributed by atoms with van der Waals surface area (Å²) < 4.78 is 29.3. The zero-order valence-corrected chi connectivity index (χ0v) is 19.2. The minimum Gasteiger partial charge on any atom is -0.493 e. The van der Waals surface area contributed by atoms with Gasteiger partial charge in [0.25, 0.3) is 0 Å². The SMILES string of the molecule is [C-]#[N+]c1ccc(Oc2cccc(OCCCOC3CCCCO3)c2)c(OCc2ccccc2)c1. The summed E-state index contributed by atoms with van der Waals surface area (Å²) in [5.74, 6) is 2.41. The van der Waals surface area contributed by atoms with Crippen LogP contribution in [0.1, 0.15) is 31.2 Å². The molecule has 0 radical (unpaired) electrons. The highest BCUT2D eigenvalue weighted by Gasteiger charge is 2.13. The number of ether oxygens (including phenoxy) is 5. The first-order valence-electron chi connectivity index (χ1n) is 11.6. The highest BCUT2D eigenvalue weighted by atomic mass is 16.7. The molecular weight excluding hydrogens is 430 g/mol. The van der Waals surface area contributed by atoms with Gasteiger partial charge in [0, 0.05) is 19.1 Å². The van der Waals surface area contributed by atoms with Gasteiger partial charge in [0.2, 0.25) is 0 Å². The van der Waals surface area contributed by atoms with Crippen molar-refractivity contribution in [1.82, 2.24) is 0 Å². The Bertz CT molecular complexity index is 1070. The molecule has 6 nitrogen and oxygen atoms in total. The van der Waals surface area contributed by atoms with Crippen LogP contribution in [0.15, 0.2) is 72.8 Å². The van der Waals surface area contributed by atoms with E-state index in [9.17, 15) is 0 Å². The molecule has 6 heteroatoms. The van der Waals surface area contributed by atoms with Gasteiger partial charge in [-0.25, -0.2) is 4.85 Å². The molecule has 3 aromatic rings. The minimum atomic E-state index is -0.0713. The summed E-state index contributed by atoms with van der Waals surface area (Å²) in [6, 6.07) is 22.5. The Balaban J connectivity index is 1.32. The number of hydrogen-bond acceptors (Lipinski definition) is 5. The van der Waals surface area contributed by atoms with E-state index in [0.717, 1.165) is 43.6 Å². The quantitative estimate of drug-likeness (QED) is 0.230. The van der Waals surface area contributed by atoms with Gasteiger partial charge < -0.3 is 23.7 Å². The molecule has 0 aliphatic carbocycles. The van der Waals surface area contributed by atoms with Gasteiger partial charge in [-0.15, -0.1) is 0 Å². The van der Waals surface area contributed by atoms with Crippen molar-refractivity contribution in [2.75, 3.05) is 19.8 Å². The Morgan fingerprint density at radius 1 is 0.853 bits per heavy atom. The van der Waals surface area contributed by atoms with Crippen LogP contribution in [-0.4, -0.2) is 26.1 Å². The lowest BCUT2D eigenvalue weighted by atomic mass is 10.2. The van der Waals surface area contributed by atoms with Crippen molar-refractivity contribution >= 4 is 5.69 Å². The second-order valence-electron chi connectivity index (χ2n) is 7.96. The van der Waals surface area contributed by atoms with Crippen molar-refractivity contribution in [2.24, 2.45) is 0 Å². The first-order valence-corrected chi connectivity index (χ1v) is 11.6. The van der Waals surface area contributed by atoms with Crippen molar-refractivity contribution in [2.45, 2.75) is 38.6 Å². The Labute approximate surface area is 200 Å². The molecule has 0 amide bonds. The van der Waals surface area contributed by atoms with Crippen LogP contribution in [-0.2, 0) is 16.1 Å². The molecule has 34 heavy (non-hydrogen) atoms. The van der Waals surface area contributed by atoms with Gasteiger partial charge in [0.1, 0.15) is 18.1 Å². The summed E-state index contributed by atoms with van der Waals surface area (Å²) in [5, 5.41) is 0. The predicted octanol–water partition coefficient (Wildman–Crippen LogP) is 6.92. The van der Waals surface area contributed by atoms with Crippen molar-refractivity contribution in [3.63, 3.8) is 0 Å². The molecule has 176 valence electrons. The van der Waals surface area contributed by atoms with E-state index in [4.69, 9.17) is 30.3 Å². The third kappa shape index (κ3) is 7.24. The van der Waals surface area contributed by atoms with Gasteiger partial charge in [0.05, 0.1) is 19.8 Å². The molecule has 0 N–H and O–H groups in total. The molecule has 1 aliphatic heterocycles. The van der Waals surface area contributed by atoms with Crippen molar-refractivity contribution in [3.05, 3.63) is 89.8 Å². The highest BCUT2D eigenvalue weighted by molar-refractivity contribution is 5.56. The third-order valence-electron chi connectivity index (χ3n) is 5.33. The third-order valence-corrected chi connectivity index (χ3v) is 5.33. The minimum absolute atomic E-state index is 0.0713. The standard InChI is InChI=1S/C28H29NO5/c1-29-23-14-15-26(27(19-23)33-21-22-9-3-2-4-10-22)34-25-12-7-11-24(20-25)30-17-8-18-32-28-13-5-6-16-31-28/h2-4,7,9-12,14-15,19-20,28H,5-6,8,13,16-18,21H2. The fraction of sp³-hybridized carbons (Fsp3) is 0.321. The van der Waals surface area contributed by atoms with E-state index in [-0.39, 0.29) is 6.29 Å². The molecular formula is C28H29NO5. The average Bonchev–Trinajstić information content (AvgIpc) is 2.89. The normalized spacial score (nSPS) is 15.3. The molecule has 4 rings (SSSR count). The van der Waals surface area contributed by atoms with E-state index < -0.39 is 0 Å². The first kappa shape index (κ1) is 23.6. The van der Waals surface area contributed by atoms with Crippen LogP contribution in [0.3, 0.4) is 0 Å². The Hall–Kier alpha value is -3.53. The summed E-state index contributed by atoms with van der Waals surface area (Å²) >= 11 is 0. The molecule has 1 fully saturated rings. The molecule has 0 bridgehead atoms. The maximum atomic E-state index is 7.31. The zero-order chi connectivity index (χ0) is 23.4. The van der Waals surface area contributed by atoms with Crippen LogP contribution in [0.2, 0.25) is 0 Å². The van der Waals surface area contributed by atoms with Gasteiger partial charge in [-0.1, -0.05) is 42.5 Å². The Morgan fingerprint density at radius 3 is 2.56 bits per heavy atom. The topological polar surface area (TPSA) is 50.5 Å². The summed E-state index contributed by atoms with van der Waals surface area (Å²) in [4.78, 5) is 3.50. The number of benzene rings is 3. The van der Waals surface area contributed by atoms with E-state index in [1.54, 1.807) is 18.2 Å². The van der Waals surface area contributed by atoms with Crippen LogP contribution in [0.5, 0.6) is 23.0 Å². The highest BCUT2D eigenvalue weighted by Crippen LogP contribution is 2.36. The Morgan fingerprint density at radius 2 is 1.74 bits per heavy atom. The average molecular weight is 460 g/mol. The molecule has 0 aromatic heterocycles. The zero-order valence-electron chi connectivity index (χ0n) is 19.2. The first-order chi connectivity index (χ1) is 16.8. The molecule has 1 aliphatic rings. The lowest BCUT2D eigenvalue weighted by molar-refractivity contribution is -0.163. The predicted molar refractivity (Wildman–Crippen MR) is 130 cm³/mol. The summed E-state index contributed by atoms with van der Waals surface area (Å²) in [6.07, 6.45) is 3.95. The van der Waals surface area contributed by atoms with E-state index in [1.807, 2.05) is 54.6 Å². The van der Waals surface area contributed by atoms with Gasteiger partial charge >= 0.3 is 0 Å². The van der Waals surface area contributed by atoms with Crippen molar-refractivity contribution in [3.8, 4) is 23.0 Å². The molecule has 3 aromatic carbocycles. The monoisotopic (exact) mass is 459 g/mol. The summed E-state index contributed by atoms with van der Waals surface area (Å²) in [5.41, 5.74) is 1.53. The fourth-order valence-electron chi connectivity index (χ4n) is 3.56. The van der Waals surface area contributed by atoms with Gasteiger partial charge in [-0.05, 0) is 49.1 Å². The molecule has 1 atom stereocenters. The van der Waals surface area contributed by atoms with Crippen LogP contribution in [0.4, 0.5) is 5.69 Å². The van der Waals surface area contributed by atoms with E-state index >= 15 is 0 Å². The van der Waals surface area contributed by atoms with Crippen LogP contribution >= 0.6 is 0 Å². The number of rotatable bonds is 11. The molecule has 1 heterocycles. The second kappa shape index (κ2) is 12.6. The largest absolute Gasteiger partial charge is 0.493 e. The number of nitrogens with zero attached hydrogens (tertiary/aromatic N) is 1. The molecule has 0 spiro atoms.